The van der Waals surface area contributed by atoms with Gasteiger partial charge in [-0.3, -0.25) is 0 Å². The maximum Gasteiger partial charge on any atom is 0.122 e. The summed E-state index contributed by atoms with van der Waals surface area (Å²) in [6.07, 6.45) is 0.893. The number of benzene rings is 1. The first-order valence-corrected chi connectivity index (χ1v) is 6.93. The van der Waals surface area contributed by atoms with Gasteiger partial charge < -0.3 is 10.5 Å². The monoisotopic (exact) mass is 261 g/mol. The topological polar surface area (TPSA) is 35.2 Å². The highest BCUT2D eigenvalue weighted by Gasteiger charge is 2.13. The second-order valence-corrected chi connectivity index (χ2v) is 5.60. The van der Waals surface area contributed by atoms with Crippen molar-refractivity contribution in [2.45, 2.75) is 26.3 Å². The summed E-state index contributed by atoms with van der Waals surface area (Å²) in [6.45, 7) is 4.14. The maximum atomic E-state index is 6.31. The quantitative estimate of drug-likeness (QED) is 0.912. The van der Waals surface area contributed by atoms with E-state index in [4.69, 9.17) is 10.5 Å². The summed E-state index contributed by atoms with van der Waals surface area (Å²) < 4.78 is 5.33. The molecule has 0 aliphatic rings. The van der Waals surface area contributed by atoms with Crippen molar-refractivity contribution in [2.24, 2.45) is 5.73 Å². The van der Waals surface area contributed by atoms with Gasteiger partial charge in [-0.25, -0.2) is 0 Å². The van der Waals surface area contributed by atoms with Gasteiger partial charge in [0, 0.05) is 17.3 Å². The number of hydrogen-bond donors (Lipinski definition) is 1. The van der Waals surface area contributed by atoms with Crippen molar-refractivity contribution in [1.82, 2.24) is 0 Å². The molecule has 0 saturated carbocycles. The molecule has 0 aliphatic carbocycles. The molecule has 1 aromatic carbocycles. The molecule has 3 heteroatoms. The Balaban J connectivity index is 2.25. The lowest BCUT2D eigenvalue weighted by molar-refractivity contribution is 0.411. The van der Waals surface area contributed by atoms with E-state index in [1.165, 1.54) is 16.0 Å². The number of aryl methyl sites for hydroxylation is 2. The van der Waals surface area contributed by atoms with Crippen molar-refractivity contribution in [3.05, 3.63) is 51.2 Å². The van der Waals surface area contributed by atoms with Gasteiger partial charge in [-0.05, 0) is 48.1 Å². The van der Waals surface area contributed by atoms with E-state index in [0.717, 1.165) is 17.7 Å². The summed E-state index contributed by atoms with van der Waals surface area (Å²) in [4.78, 5) is 1.33. The highest BCUT2D eigenvalue weighted by atomic mass is 32.1. The van der Waals surface area contributed by atoms with Crippen LogP contribution in [-0.4, -0.2) is 7.11 Å². The molecule has 0 bridgehead atoms. The molecule has 0 amide bonds. The fourth-order valence-corrected chi connectivity index (χ4v) is 2.95. The number of nitrogens with two attached hydrogens (primary N) is 1. The summed E-state index contributed by atoms with van der Waals surface area (Å²) in [5.41, 5.74) is 9.86. The van der Waals surface area contributed by atoms with Gasteiger partial charge in [-0.15, -0.1) is 11.3 Å². The van der Waals surface area contributed by atoms with Crippen LogP contribution in [-0.2, 0) is 6.42 Å². The molecule has 18 heavy (non-hydrogen) atoms. The molecule has 0 aliphatic heterocycles. The highest BCUT2D eigenvalue weighted by Crippen LogP contribution is 2.28. The van der Waals surface area contributed by atoms with Crippen molar-refractivity contribution in [3.8, 4) is 5.75 Å². The lowest BCUT2D eigenvalue weighted by Gasteiger charge is -2.16. The average molecular weight is 261 g/mol. The third-order valence-corrected chi connectivity index (χ3v) is 4.08. The van der Waals surface area contributed by atoms with Crippen LogP contribution in [0.15, 0.2) is 29.6 Å². The zero-order valence-corrected chi connectivity index (χ0v) is 11.9. The van der Waals surface area contributed by atoms with Crippen LogP contribution in [0.5, 0.6) is 5.75 Å². The first kappa shape index (κ1) is 13.1. The SMILES string of the molecule is COc1cc(C)c(C(N)Cc2cccs2)cc1C. The van der Waals surface area contributed by atoms with Crippen LogP contribution in [0.4, 0.5) is 0 Å². The molecule has 2 rings (SSSR count). The number of methoxy groups -OCH3 is 1. The van der Waals surface area contributed by atoms with Crippen molar-refractivity contribution in [3.63, 3.8) is 0 Å². The van der Waals surface area contributed by atoms with Crippen LogP contribution in [0.25, 0.3) is 0 Å². The molecule has 96 valence electrons. The molecule has 1 unspecified atom stereocenters. The van der Waals surface area contributed by atoms with Crippen LogP contribution in [0, 0.1) is 13.8 Å². The van der Waals surface area contributed by atoms with Gasteiger partial charge in [0.2, 0.25) is 0 Å². The number of ether oxygens (including phenoxy) is 1. The van der Waals surface area contributed by atoms with Gasteiger partial charge in [0.1, 0.15) is 5.75 Å². The minimum Gasteiger partial charge on any atom is -0.496 e. The first-order valence-electron chi connectivity index (χ1n) is 6.05. The van der Waals surface area contributed by atoms with E-state index >= 15 is 0 Å². The minimum atomic E-state index is 0.0493. The van der Waals surface area contributed by atoms with Crippen molar-refractivity contribution < 1.29 is 4.74 Å². The Kier molecular flexibility index (Phi) is 4.04. The molecule has 0 spiro atoms. The molecular weight excluding hydrogens is 242 g/mol. The van der Waals surface area contributed by atoms with Crippen molar-refractivity contribution in [2.75, 3.05) is 7.11 Å². The zero-order valence-electron chi connectivity index (χ0n) is 11.1. The molecule has 2 nitrogen and oxygen atoms in total. The Morgan fingerprint density at radius 3 is 2.67 bits per heavy atom. The summed E-state index contributed by atoms with van der Waals surface area (Å²) >= 11 is 1.76. The molecule has 0 fully saturated rings. The Bertz CT molecular complexity index is 520. The van der Waals surface area contributed by atoms with Gasteiger partial charge >= 0.3 is 0 Å². The van der Waals surface area contributed by atoms with Crippen LogP contribution in [0.1, 0.15) is 27.6 Å². The first-order chi connectivity index (χ1) is 8.61. The number of hydrogen-bond acceptors (Lipinski definition) is 3. The van der Waals surface area contributed by atoms with Gasteiger partial charge in [0.05, 0.1) is 7.11 Å². The molecule has 0 radical (unpaired) electrons. The van der Waals surface area contributed by atoms with E-state index in [9.17, 15) is 0 Å². The van der Waals surface area contributed by atoms with E-state index in [1.54, 1.807) is 18.4 Å². The minimum absolute atomic E-state index is 0.0493. The smallest absolute Gasteiger partial charge is 0.122 e. The molecule has 1 atom stereocenters. The summed E-state index contributed by atoms with van der Waals surface area (Å²) in [5, 5.41) is 2.09. The fourth-order valence-electron chi connectivity index (χ4n) is 2.19. The Labute approximate surface area is 112 Å². The van der Waals surface area contributed by atoms with Crippen molar-refractivity contribution >= 4 is 11.3 Å². The normalized spacial score (nSPS) is 12.4. The third kappa shape index (κ3) is 2.74. The van der Waals surface area contributed by atoms with E-state index in [0.29, 0.717) is 0 Å². The maximum absolute atomic E-state index is 6.31. The molecule has 2 aromatic rings. The Hall–Kier alpha value is -1.32. The second-order valence-electron chi connectivity index (χ2n) is 4.57. The zero-order chi connectivity index (χ0) is 13.1. The predicted molar refractivity (Wildman–Crippen MR) is 77.4 cm³/mol. The predicted octanol–water partition coefficient (Wildman–Crippen LogP) is 3.62. The molecule has 2 N–H and O–H groups in total. The van der Waals surface area contributed by atoms with Gasteiger partial charge in [-0.1, -0.05) is 12.1 Å². The summed E-state index contributed by atoms with van der Waals surface area (Å²) in [7, 11) is 1.70. The largest absolute Gasteiger partial charge is 0.496 e. The van der Waals surface area contributed by atoms with Crippen LogP contribution in [0.3, 0.4) is 0 Å². The lowest BCUT2D eigenvalue weighted by atomic mass is 9.96. The van der Waals surface area contributed by atoms with Gasteiger partial charge in [0.15, 0.2) is 0 Å². The van der Waals surface area contributed by atoms with Crippen molar-refractivity contribution in [1.29, 1.82) is 0 Å². The lowest BCUT2D eigenvalue weighted by Crippen LogP contribution is -2.14. The molecule has 1 aromatic heterocycles. The molecular formula is C15H19NOS. The van der Waals surface area contributed by atoms with E-state index < -0.39 is 0 Å². The van der Waals surface area contributed by atoms with E-state index in [2.05, 4.69) is 43.5 Å². The third-order valence-electron chi connectivity index (χ3n) is 3.18. The molecule has 0 saturated heterocycles. The van der Waals surface area contributed by atoms with E-state index in [1.807, 2.05) is 0 Å². The number of thiophene rings is 1. The number of rotatable bonds is 4. The standard InChI is InChI=1S/C15H19NOS/c1-10-8-15(17-3)11(2)7-13(10)14(16)9-12-5-4-6-18-12/h4-8,14H,9,16H2,1-3H3. The van der Waals surface area contributed by atoms with Crippen LogP contribution in [0.2, 0.25) is 0 Å². The highest BCUT2D eigenvalue weighted by molar-refractivity contribution is 7.09. The van der Waals surface area contributed by atoms with Crippen LogP contribution >= 0.6 is 11.3 Å². The Morgan fingerprint density at radius 2 is 2.06 bits per heavy atom. The average Bonchev–Trinajstić information content (AvgIpc) is 2.84. The summed E-state index contributed by atoms with van der Waals surface area (Å²) in [5.74, 6) is 0.930. The molecule has 1 heterocycles. The van der Waals surface area contributed by atoms with Gasteiger partial charge in [-0.2, -0.15) is 0 Å². The van der Waals surface area contributed by atoms with Gasteiger partial charge in [0.25, 0.3) is 0 Å². The van der Waals surface area contributed by atoms with Crippen LogP contribution < -0.4 is 10.5 Å². The van der Waals surface area contributed by atoms with E-state index in [-0.39, 0.29) is 6.04 Å². The second kappa shape index (κ2) is 5.55. The Morgan fingerprint density at radius 1 is 1.28 bits per heavy atom. The fraction of sp³-hybridized carbons (Fsp3) is 0.333. The summed E-state index contributed by atoms with van der Waals surface area (Å²) in [6, 6.07) is 8.47.